The zero-order chi connectivity index (χ0) is 17.8. The van der Waals surface area contributed by atoms with Gasteiger partial charge in [-0.2, -0.15) is 5.26 Å². The lowest BCUT2D eigenvalue weighted by Gasteiger charge is -2.08. The van der Waals surface area contributed by atoms with E-state index in [0.29, 0.717) is 13.2 Å². The molecular weight excluding hydrogens is 302 g/mol. The fraction of sp³-hybridized carbons (Fsp3) is 0.474. The van der Waals surface area contributed by atoms with Gasteiger partial charge in [0.25, 0.3) is 5.91 Å². The summed E-state index contributed by atoms with van der Waals surface area (Å²) in [5, 5.41) is 14.9. The van der Waals surface area contributed by atoms with E-state index in [-0.39, 0.29) is 11.5 Å². The van der Waals surface area contributed by atoms with Crippen LogP contribution >= 0.6 is 0 Å². The van der Waals surface area contributed by atoms with Crippen LogP contribution in [0.25, 0.3) is 0 Å². The molecule has 0 aliphatic rings. The maximum atomic E-state index is 12.0. The third-order valence-corrected chi connectivity index (χ3v) is 3.51. The summed E-state index contributed by atoms with van der Waals surface area (Å²) in [5.74, 6) is -0.372. The lowest BCUT2D eigenvalue weighted by atomic mass is 10.1. The van der Waals surface area contributed by atoms with Crippen molar-refractivity contribution in [2.75, 3.05) is 25.1 Å². The van der Waals surface area contributed by atoms with E-state index in [1.807, 2.05) is 38.1 Å². The number of carbonyl (C=O) groups excluding carboxylic acids is 1. The van der Waals surface area contributed by atoms with Crippen molar-refractivity contribution in [3.05, 3.63) is 41.1 Å². The average Bonchev–Trinajstić information content (AvgIpc) is 2.56. The van der Waals surface area contributed by atoms with Crippen molar-refractivity contribution in [3.8, 4) is 6.07 Å². The van der Waals surface area contributed by atoms with Crippen LogP contribution in [0.4, 0.5) is 5.69 Å². The van der Waals surface area contributed by atoms with E-state index in [2.05, 4.69) is 17.6 Å². The highest BCUT2D eigenvalue weighted by Crippen LogP contribution is 2.16. The summed E-state index contributed by atoms with van der Waals surface area (Å²) >= 11 is 0. The Kier molecular flexibility index (Phi) is 9.25. The molecule has 1 aromatic rings. The molecule has 5 heteroatoms. The van der Waals surface area contributed by atoms with Crippen LogP contribution < -0.4 is 10.6 Å². The van der Waals surface area contributed by atoms with Gasteiger partial charge in [-0.1, -0.05) is 31.0 Å². The minimum absolute atomic E-state index is 0.0573. The van der Waals surface area contributed by atoms with Gasteiger partial charge in [0, 0.05) is 31.6 Å². The Labute approximate surface area is 144 Å². The van der Waals surface area contributed by atoms with Crippen molar-refractivity contribution >= 4 is 11.6 Å². The van der Waals surface area contributed by atoms with Gasteiger partial charge < -0.3 is 15.4 Å². The average molecular weight is 329 g/mol. The number of rotatable bonds is 10. The smallest absolute Gasteiger partial charge is 0.263 e. The predicted molar refractivity (Wildman–Crippen MR) is 96.6 cm³/mol. The summed E-state index contributed by atoms with van der Waals surface area (Å²) in [6.07, 6.45) is 4.35. The number of amides is 1. The molecule has 5 nitrogen and oxygen atoms in total. The second kappa shape index (κ2) is 11.3. The lowest BCUT2D eigenvalue weighted by molar-refractivity contribution is -0.117. The molecule has 130 valence electrons. The molecule has 1 rings (SSSR count). The van der Waals surface area contributed by atoms with Crippen LogP contribution in [0, 0.1) is 25.2 Å². The van der Waals surface area contributed by atoms with Gasteiger partial charge in [-0.3, -0.25) is 4.79 Å². The molecule has 0 spiro atoms. The van der Waals surface area contributed by atoms with Crippen LogP contribution in [0.2, 0.25) is 0 Å². The van der Waals surface area contributed by atoms with Crippen LogP contribution in [0.1, 0.15) is 37.3 Å². The third-order valence-electron chi connectivity index (χ3n) is 3.51. The highest BCUT2D eigenvalue weighted by Gasteiger charge is 2.08. The summed E-state index contributed by atoms with van der Waals surface area (Å²) < 4.78 is 5.43. The molecule has 0 heterocycles. The van der Waals surface area contributed by atoms with Gasteiger partial charge in [-0.05, 0) is 38.3 Å². The summed E-state index contributed by atoms with van der Waals surface area (Å²) in [4.78, 5) is 12.0. The molecule has 0 saturated heterocycles. The first-order valence-corrected chi connectivity index (χ1v) is 8.38. The van der Waals surface area contributed by atoms with Crippen LogP contribution in [-0.2, 0) is 9.53 Å². The van der Waals surface area contributed by atoms with E-state index in [1.165, 1.54) is 11.8 Å². The van der Waals surface area contributed by atoms with Crippen LogP contribution in [0.3, 0.4) is 0 Å². The Balaban J connectivity index is 2.41. The quantitative estimate of drug-likeness (QED) is 0.392. The van der Waals surface area contributed by atoms with E-state index < -0.39 is 0 Å². The summed E-state index contributed by atoms with van der Waals surface area (Å²) in [5.41, 5.74) is 3.17. The summed E-state index contributed by atoms with van der Waals surface area (Å²) in [7, 11) is 0. The Morgan fingerprint density at radius 1 is 1.29 bits per heavy atom. The Bertz CT molecular complexity index is 603. The molecule has 0 saturated carbocycles. The number of hydrogen-bond acceptors (Lipinski definition) is 4. The second-order valence-electron chi connectivity index (χ2n) is 5.71. The number of unbranched alkanes of at least 4 members (excludes halogenated alkanes) is 1. The topological polar surface area (TPSA) is 74.1 Å². The standard InChI is InChI=1S/C19H27N3O2/c1-4-5-10-24-11-6-9-21-19(23)17(13-20)14-22-18-8-7-15(2)12-16(18)3/h7-8,12,14,22H,4-6,9-11H2,1-3H3,(H,21,23)/b17-14-. The van der Waals surface area contributed by atoms with Gasteiger partial charge in [0.15, 0.2) is 0 Å². The summed E-state index contributed by atoms with van der Waals surface area (Å²) in [6.45, 7) is 7.99. The first kappa shape index (κ1) is 19.7. The van der Waals surface area contributed by atoms with Crippen molar-refractivity contribution in [3.63, 3.8) is 0 Å². The number of benzene rings is 1. The third kappa shape index (κ3) is 7.30. The molecule has 0 aromatic heterocycles. The Morgan fingerprint density at radius 2 is 2.04 bits per heavy atom. The number of nitrogens with zero attached hydrogens (tertiary/aromatic N) is 1. The monoisotopic (exact) mass is 329 g/mol. The molecule has 0 atom stereocenters. The molecule has 1 amide bonds. The van der Waals surface area contributed by atoms with Crippen molar-refractivity contribution in [2.45, 2.75) is 40.0 Å². The van der Waals surface area contributed by atoms with Gasteiger partial charge in [0.1, 0.15) is 11.6 Å². The van der Waals surface area contributed by atoms with Crippen LogP contribution in [-0.4, -0.2) is 25.7 Å². The SMILES string of the molecule is CCCCOCCCNC(=O)/C(C#N)=C\Nc1ccc(C)cc1C. The fourth-order valence-electron chi connectivity index (χ4n) is 2.09. The van der Waals surface area contributed by atoms with Crippen molar-refractivity contribution in [2.24, 2.45) is 0 Å². The molecule has 2 N–H and O–H groups in total. The molecular formula is C19H27N3O2. The maximum absolute atomic E-state index is 12.0. The van der Waals surface area contributed by atoms with Crippen molar-refractivity contribution < 1.29 is 9.53 Å². The molecule has 0 aliphatic carbocycles. The molecule has 1 aromatic carbocycles. The van der Waals surface area contributed by atoms with E-state index in [1.54, 1.807) is 0 Å². The minimum atomic E-state index is -0.372. The zero-order valence-corrected chi connectivity index (χ0v) is 14.8. The Hall–Kier alpha value is -2.32. The van der Waals surface area contributed by atoms with Crippen molar-refractivity contribution in [1.29, 1.82) is 5.26 Å². The molecule has 24 heavy (non-hydrogen) atoms. The summed E-state index contributed by atoms with van der Waals surface area (Å²) in [6, 6.07) is 7.88. The van der Waals surface area contributed by atoms with Crippen LogP contribution in [0.15, 0.2) is 30.0 Å². The predicted octanol–water partition coefficient (Wildman–Crippen LogP) is 3.45. The minimum Gasteiger partial charge on any atom is -0.381 e. The van der Waals surface area contributed by atoms with Crippen molar-refractivity contribution in [1.82, 2.24) is 5.32 Å². The van der Waals surface area contributed by atoms with Gasteiger partial charge in [-0.25, -0.2) is 0 Å². The first-order chi connectivity index (χ1) is 11.6. The highest BCUT2D eigenvalue weighted by molar-refractivity contribution is 5.97. The van der Waals surface area contributed by atoms with E-state index in [0.717, 1.165) is 37.1 Å². The fourth-order valence-corrected chi connectivity index (χ4v) is 2.09. The number of anilines is 1. The molecule has 0 bridgehead atoms. The Morgan fingerprint density at radius 3 is 2.71 bits per heavy atom. The lowest BCUT2D eigenvalue weighted by Crippen LogP contribution is -2.26. The van der Waals surface area contributed by atoms with E-state index in [4.69, 9.17) is 10.00 Å². The zero-order valence-electron chi connectivity index (χ0n) is 14.8. The molecule has 0 aliphatic heterocycles. The maximum Gasteiger partial charge on any atom is 0.263 e. The van der Waals surface area contributed by atoms with Crippen LogP contribution in [0.5, 0.6) is 0 Å². The largest absolute Gasteiger partial charge is 0.381 e. The number of nitrogens with one attached hydrogen (secondary N) is 2. The number of hydrogen-bond donors (Lipinski definition) is 2. The molecule has 0 radical (unpaired) electrons. The van der Waals surface area contributed by atoms with Gasteiger partial charge >= 0.3 is 0 Å². The number of nitriles is 1. The van der Waals surface area contributed by atoms with Gasteiger partial charge in [0.05, 0.1) is 0 Å². The van der Waals surface area contributed by atoms with Gasteiger partial charge in [-0.15, -0.1) is 0 Å². The number of aryl methyl sites for hydroxylation is 2. The first-order valence-electron chi connectivity index (χ1n) is 8.38. The van der Waals surface area contributed by atoms with Gasteiger partial charge in [0.2, 0.25) is 0 Å². The molecule has 0 unspecified atom stereocenters. The second-order valence-corrected chi connectivity index (χ2v) is 5.71. The number of carbonyl (C=O) groups is 1. The normalized spacial score (nSPS) is 11.0. The number of ether oxygens (including phenoxy) is 1. The van der Waals surface area contributed by atoms with E-state index >= 15 is 0 Å². The highest BCUT2D eigenvalue weighted by atomic mass is 16.5. The van der Waals surface area contributed by atoms with E-state index in [9.17, 15) is 4.79 Å². The molecule has 0 fully saturated rings.